The Kier molecular flexibility index (Phi) is 3.79. The highest BCUT2D eigenvalue weighted by molar-refractivity contribution is 7.85. The third kappa shape index (κ3) is 2.87. The second-order valence-electron chi connectivity index (χ2n) is 6.59. The van der Waals surface area contributed by atoms with E-state index in [4.69, 9.17) is 0 Å². The van der Waals surface area contributed by atoms with Gasteiger partial charge in [0.2, 0.25) is 0 Å². The topological polar surface area (TPSA) is 102 Å². The monoisotopic (exact) mass is 401 g/mol. The fourth-order valence-electron chi connectivity index (χ4n) is 3.17. The fourth-order valence-corrected chi connectivity index (χ4v) is 4.74. The van der Waals surface area contributed by atoms with Gasteiger partial charge in [-0.2, -0.15) is 10.2 Å². The highest BCUT2D eigenvalue weighted by Crippen LogP contribution is 2.42. The van der Waals surface area contributed by atoms with Gasteiger partial charge < -0.3 is 0 Å². The van der Waals surface area contributed by atoms with Crippen molar-refractivity contribution in [1.29, 1.82) is 0 Å². The summed E-state index contributed by atoms with van der Waals surface area (Å²) in [5.41, 5.74) is 1.96. The van der Waals surface area contributed by atoms with Gasteiger partial charge in [-0.25, -0.2) is 23.4 Å². The molecule has 4 aromatic heterocycles. The minimum absolute atomic E-state index is 0.350. The number of rotatable bonds is 4. The molecule has 11 heteroatoms. The summed E-state index contributed by atoms with van der Waals surface area (Å²) in [5, 5.41) is 11.1. The third-order valence-electron chi connectivity index (χ3n) is 4.63. The molecule has 0 amide bonds. The Morgan fingerprint density at radius 3 is 2.75 bits per heavy atom. The van der Waals surface area contributed by atoms with Crippen LogP contribution in [-0.4, -0.2) is 50.3 Å². The predicted molar refractivity (Wildman–Crippen MR) is 96.4 cm³/mol. The number of hydrogen-bond donors (Lipinski definition) is 1. The van der Waals surface area contributed by atoms with Crippen LogP contribution in [0.25, 0.3) is 28.1 Å². The van der Waals surface area contributed by atoms with Crippen molar-refractivity contribution in [2.24, 2.45) is 0 Å². The molecule has 8 nitrogen and oxygen atoms in total. The molecule has 1 unspecified atom stereocenters. The summed E-state index contributed by atoms with van der Waals surface area (Å²) in [4.78, 5) is 13.1. The van der Waals surface area contributed by atoms with Crippen molar-refractivity contribution in [3.8, 4) is 17.1 Å². The van der Waals surface area contributed by atoms with Gasteiger partial charge in [0, 0.05) is 36.2 Å². The number of pyridine rings is 2. The van der Waals surface area contributed by atoms with Gasteiger partial charge >= 0.3 is 0 Å². The normalized spacial score (nSPS) is 17.5. The lowest BCUT2D eigenvalue weighted by Crippen LogP contribution is -2.42. The summed E-state index contributed by atoms with van der Waals surface area (Å²) >= 11 is 0. The van der Waals surface area contributed by atoms with E-state index in [1.165, 1.54) is 12.5 Å². The van der Waals surface area contributed by atoms with Crippen LogP contribution in [0.3, 0.4) is 0 Å². The lowest BCUT2D eigenvalue weighted by atomic mass is 9.94. The molecule has 4 aromatic rings. The van der Waals surface area contributed by atoms with E-state index in [1.807, 2.05) is 6.07 Å². The Morgan fingerprint density at radius 1 is 1.14 bits per heavy atom. The molecule has 1 aliphatic rings. The maximum Gasteiger partial charge on any atom is 0.250 e. The minimum Gasteiger partial charge on any atom is -0.262 e. The summed E-state index contributed by atoms with van der Waals surface area (Å²) < 4.78 is 40.2. The van der Waals surface area contributed by atoms with Gasteiger partial charge in [0.25, 0.3) is 5.92 Å². The number of aromatic nitrogens is 7. The largest absolute Gasteiger partial charge is 0.262 e. The van der Waals surface area contributed by atoms with Crippen LogP contribution in [0.4, 0.5) is 8.78 Å². The average Bonchev–Trinajstić information content (AvgIpc) is 3.35. The van der Waals surface area contributed by atoms with Gasteiger partial charge in [-0.1, -0.05) is 0 Å². The molecule has 1 saturated carbocycles. The van der Waals surface area contributed by atoms with Gasteiger partial charge in [-0.15, -0.1) is 0 Å². The van der Waals surface area contributed by atoms with Gasteiger partial charge in [0.15, 0.2) is 11.5 Å². The summed E-state index contributed by atoms with van der Waals surface area (Å²) in [6.07, 6.45) is 7.05. The minimum atomic E-state index is -2.70. The van der Waals surface area contributed by atoms with E-state index >= 15 is 0 Å². The van der Waals surface area contributed by atoms with Crippen LogP contribution >= 0.6 is 0 Å². The van der Waals surface area contributed by atoms with E-state index < -0.39 is 22.0 Å². The number of fused-ring (bicyclic) bond motifs is 1. The Bertz CT molecular complexity index is 1180. The number of nitrogens with one attached hydrogen (secondary N) is 1. The number of H-pyrrole nitrogens is 1. The molecule has 142 valence electrons. The second kappa shape index (κ2) is 6.23. The molecule has 0 radical (unpaired) electrons. The molecule has 0 aromatic carbocycles. The van der Waals surface area contributed by atoms with Crippen LogP contribution in [-0.2, 0) is 10.8 Å². The van der Waals surface area contributed by atoms with E-state index in [1.54, 1.807) is 29.3 Å². The molecule has 1 atom stereocenters. The molecule has 28 heavy (non-hydrogen) atoms. The zero-order valence-electron chi connectivity index (χ0n) is 14.3. The Morgan fingerprint density at radius 2 is 2.00 bits per heavy atom. The predicted octanol–water partition coefficient (Wildman–Crippen LogP) is 2.51. The van der Waals surface area contributed by atoms with E-state index in [9.17, 15) is 13.0 Å². The second-order valence-corrected chi connectivity index (χ2v) is 8.32. The molecule has 0 aliphatic heterocycles. The standard InChI is InChI=1S/C17H13F2N7OS/c18-17(19)3-14(4-17)28(27)13-2-11-6-24-26(16(11)21-8-13)12-1-10(5-20-7-12)15-22-9-23-25-15/h1-2,5-9,14H,3-4H2,(H,22,23,25). The highest BCUT2D eigenvalue weighted by atomic mass is 32.2. The van der Waals surface area contributed by atoms with Crippen molar-refractivity contribution in [2.45, 2.75) is 28.9 Å². The zero-order valence-corrected chi connectivity index (χ0v) is 15.1. The van der Waals surface area contributed by atoms with Crippen molar-refractivity contribution in [2.75, 3.05) is 0 Å². The fraction of sp³-hybridized carbons (Fsp3) is 0.235. The number of alkyl halides is 2. The number of halogens is 2. The molecule has 4 heterocycles. The Balaban J connectivity index is 1.48. The van der Waals surface area contributed by atoms with Gasteiger partial charge in [0.1, 0.15) is 6.33 Å². The number of hydrogen-bond acceptors (Lipinski definition) is 6. The van der Waals surface area contributed by atoms with E-state index in [0.717, 1.165) is 5.56 Å². The van der Waals surface area contributed by atoms with Crippen LogP contribution in [0.5, 0.6) is 0 Å². The Labute approximate surface area is 159 Å². The maximum atomic E-state index is 13.1. The van der Waals surface area contributed by atoms with E-state index in [2.05, 4.69) is 30.2 Å². The summed E-state index contributed by atoms with van der Waals surface area (Å²) in [7, 11) is -1.51. The molecule has 0 spiro atoms. The van der Waals surface area contributed by atoms with Crippen molar-refractivity contribution < 1.29 is 13.0 Å². The van der Waals surface area contributed by atoms with E-state index in [0.29, 0.717) is 27.4 Å². The average molecular weight is 401 g/mol. The smallest absolute Gasteiger partial charge is 0.250 e. The van der Waals surface area contributed by atoms with E-state index in [-0.39, 0.29) is 12.8 Å². The number of nitrogens with zero attached hydrogens (tertiary/aromatic N) is 6. The van der Waals surface area contributed by atoms with Crippen LogP contribution in [0.2, 0.25) is 0 Å². The Hall–Kier alpha value is -3.08. The molecule has 0 bridgehead atoms. The van der Waals surface area contributed by atoms with Crippen molar-refractivity contribution in [3.63, 3.8) is 0 Å². The molecule has 1 N–H and O–H groups in total. The van der Waals surface area contributed by atoms with Crippen LogP contribution in [0.15, 0.2) is 48.1 Å². The molecular weight excluding hydrogens is 388 g/mol. The molecule has 1 fully saturated rings. The lowest BCUT2D eigenvalue weighted by Gasteiger charge is -2.33. The van der Waals surface area contributed by atoms with Gasteiger partial charge in [-0.05, 0) is 12.1 Å². The molecular formula is C17H13F2N7OS. The highest BCUT2D eigenvalue weighted by Gasteiger charge is 2.48. The summed E-state index contributed by atoms with van der Waals surface area (Å²) in [5.74, 6) is -2.13. The quantitative estimate of drug-likeness (QED) is 0.564. The van der Waals surface area contributed by atoms with Crippen LogP contribution in [0, 0.1) is 0 Å². The number of aromatic amines is 1. The summed E-state index contributed by atoms with van der Waals surface area (Å²) in [6.45, 7) is 0. The van der Waals surface area contributed by atoms with Crippen LogP contribution < -0.4 is 0 Å². The lowest BCUT2D eigenvalue weighted by molar-refractivity contribution is -0.0676. The maximum absolute atomic E-state index is 13.1. The van der Waals surface area contributed by atoms with Crippen molar-refractivity contribution >= 4 is 21.8 Å². The first-order valence-electron chi connectivity index (χ1n) is 8.43. The first-order valence-corrected chi connectivity index (χ1v) is 9.65. The third-order valence-corrected chi connectivity index (χ3v) is 6.25. The molecule has 1 aliphatic carbocycles. The first kappa shape index (κ1) is 17.0. The van der Waals surface area contributed by atoms with Gasteiger partial charge in [0.05, 0.1) is 39.0 Å². The first-order chi connectivity index (χ1) is 13.5. The van der Waals surface area contributed by atoms with Gasteiger partial charge in [-0.3, -0.25) is 14.3 Å². The molecule has 5 rings (SSSR count). The zero-order chi connectivity index (χ0) is 19.3. The van der Waals surface area contributed by atoms with Crippen molar-refractivity contribution in [1.82, 2.24) is 34.9 Å². The summed E-state index contributed by atoms with van der Waals surface area (Å²) in [6, 6.07) is 3.52. The molecule has 0 saturated heterocycles. The SMILES string of the molecule is O=S(c1cnc2c(cnn2-c2cncc(-c3ncn[nH]3)c2)c1)C1CC(F)(F)C1. The van der Waals surface area contributed by atoms with Crippen LogP contribution in [0.1, 0.15) is 12.8 Å². The van der Waals surface area contributed by atoms with Crippen molar-refractivity contribution in [3.05, 3.63) is 43.2 Å².